The molecule has 0 aromatic carbocycles. The van der Waals surface area contributed by atoms with Gasteiger partial charge in [-0.2, -0.15) is 0 Å². The van der Waals surface area contributed by atoms with E-state index in [1.54, 1.807) is 19.0 Å². The third-order valence-corrected chi connectivity index (χ3v) is 2.53. The highest BCUT2D eigenvalue weighted by Gasteiger charge is 2.13. The van der Waals surface area contributed by atoms with E-state index in [4.69, 9.17) is 0 Å². The van der Waals surface area contributed by atoms with Gasteiger partial charge in [-0.25, -0.2) is 4.79 Å². The van der Waals surface area contributed by atoms with Crippen LogP contribution in [0, 0.1) is 0 Å². The van der Waals surface area contributed by atoms with Gasteiger partial charge in [0, 0.05) is 18.6 Å². The van der Waals surface area contributed by atoms with Crippen molar-refractivity contribution >= 4 is 22.0 Å². The summed E-state index contributed by atoms with van der Waals surface area (Å²) in [6, 6.07) is -0.0939. The second-order valence-corrected chi connectivity index (χ2v) is 3.87. The van der Waals surface area contributed by atoms with Gasteiger partial charge < -0.3 is 10.2 Å². The van der Waals surface area contributed by atoms with Crippen molar-refractivity contribution in [3.63, 3.8) is 0 Å². The summed E-state index contributed by atoms with van der Waals surface area (Å²) in [6.45, 7) is 0. The monoisotopic (exact) mass is 256 g/mol. The first-order chi connectivity index (χ1) is 6.65. The molecule has 1 rings (SSSR count). The number of nitrogens with one attached hydrogen (secondary N) is 1. The van der Waals surface area contributed by atoms with Gasteiger partial charge in [-0.1, -0.05) is 34.2 Å². The predicted molar refractivity (Wildman–Crippen MR) is 61.3 cm³/mol. The third-order valence-electron chi connectivity index (χ3n) is 2.00. The van der Waals surface area contributed by atoms with Crippen molar-refractivity contribution in [2.24, 2.45) is 0 Å². The molecule has 4 heteroatoms. The molecule has 0 aromatic rings. The molecule has 0 fully saturated rings. The molecule has 0 bridgehead atoms. The lowest BCUT2D eigenvalue weighted by Gasteiger charge is -2.22. The summed E-state index contributed by atoms with van der Waals surface area (Å²) in [5.74, 6) is 0. The fourth-order valence-electron chi connectivity index (χ4n) is 1.14. The van der Waals surface area contributed by atoms with E-state index in [9.17, 15) is 4.79 Å². The number of carbonyl (C=O) groups is 1. The fraction of sp³-hybridized carbons (Fsp3) is 0.300. The lowest BCUT2D eigenvalue weighted by molar-refractivity contribution is 0.208. The van der Waals surface area contributed by atoms with Gasteiger partial charge in [0.15, 0.2) is 0 Å². The van der Waals surface area contributed by atoms with Gasteiger partial charge in [-0.3, -0.25) is 0 Å². The minimum atomic E-state index is -0.0951. The molecule has 0 heterocycles. The Morgan fingerprint density at radius 3 is 2.93 bits per heavy atom. The maximum absolute atomic E-state index is 11.3. The van der Waals surface area contributed by atoms with E-state index in [1.807, 2.05) is 30.4 Å². The van der Waals surface area contributed by atoms with Gasteiger partial charge in [0.25, 0.3) is 0 Å². The van der Waals surface area contributed by atoms with E-state index in [2.05, 4.69) is 21.2 Å². The van der Waals surface area contributed by atoms with E-state index in [-0.39, 0.29) is 12.1 Å². The zero-order valence-electron chi connectivity index (χ0n) is 8.20. The first-order valence-electron chi connectivity index (χ1n) is 4.32. The van der Waals surface area contributed by atoms with Crippen LogP contribution in [0.3, 0.4) is 0 Å². The van der Waals surface area contributed by atoms with E-state index in [1.165, 1.54) is 0 Å². The van der Waals surface area contributed by atoms with Crippen LogP contribution >= 0.6 is 15.9 Å². The van der Waals surface area contributed by atoms with Crippen molar-refractivity contribution in [1.29, 1.82) is 0 Å². The lowest BCUT2D eigenvalue weighted by atomic mass is 10.2. The molecule has 2 amide bonds. The minimum Gasteiger partial charge on any atom is -0.341 e. The second kappa shape index (κ2) is 5.00. The molecule has 0 aromatic heterocycles. The Labute approximate surface area is 92.3 Å². The summed E-state index contributed by atoms with van der Waals surface area (Å²) >= 11 is 3.37. The van der Waals surface area contributed by atoms with Gasteiger partial charge in [0.1, 0.15) is 0 Å². The molecule has 1 aliphatic rings. The second-order valence-electron chi connectivity index (χ2n) is 2.95. The summed E-state index contributed by atoms with van der Waals surface area (Å²) in [5, 5.41) is 2.58. The number of allylic oxidation sites excluding steroid dienone is 4. The number of amides is 2. The number of halogens is 1. The van der Waals surface area contributed by atoms with E-state index in [0.29, 0.717) is 0 Å². The van der Waals surface area contributed by atoms with Gasteiger partial charge in [0.05, 0.1) is 6.04 Å². The summed E-state index contributed by atoms with van der Waals surface area (Å²) in [5.41, 5.74) is 0. The number of nitrogens with zero attached hydrogens (tertiary/aromatic N) is 1. The SMILES string of the molecule is CNC(=O)N(C)C1C=CC=C(Br)C=C1. The first kappa shape index (κ1) is 11.0. The molecule has 0 saturated heterocycles. The molecular weight excluding hydrogens is 244 g/mol. The third kappa shape index (κ3) is 2.73. The van der Waals surface area contributed by atoms with Gasteiger partial charge >= 0.3 is 6.03 Å². The van der Waals surface area contributed by atoms with E-state index in [0.717, 1.165) is 4.48 Å². The van der Waals surface area contributed by atoms with Crippen LogP contribution in [0.4, 0.5) is 4.79 Å². The number of hydrogen-bond acceptors (Lipinski definition) is 1. The summed E-state index contributed by atoms with van der Waals surface area (Å²) in [6.07, 6.45) is 9.71. The highest BCUT2D eigenvalue weighted by molar-refractivity contribution is 9.11. The van der Waals surface area contributed by atoms with Crippen molar-refractivity contribution in [2.75, 3.05) is 14.1 Å². The molecule has 0 spiro atoms. The Kier molecular flexibility index (Phi) is 3.95. The van der Waals surface area contributed by atoms with Crippen LogP contribution in [0.25, 0.3) is 0 Å². The molecule has 1 N–H and O–H groups in total. The maximum atomic E-state index is 11.3. The smallest absolute Gasteiger partial charge is 0.317 e. The van der Waals surface area contributed by atoms with Gasteiger partial charge in [-0.05, 0) is 12.2 Å². The normalized spacial score (nSPS) is 19.9. The number of rotatable bonds is 1. The standard InChI is InChI=1S/C10H13BrN2O/c1-12-10(14)13(2)9-5-3-4-8(11)6-7-9/h3-7,9H,1-2H3,(H,12,14). The molecule has 14 heavy (non-hydrogen) atoms. The molecule has 76 valence electrons. The number of urea groups is 1. The number of likely N-dealkylation sites (N-methyl/N-ethyl adjacent to an activating group) is 1. The van der Waals surface area contributed by atoms with Crippen molar-refractivity contribution in [2.45, 2.75) is 6.04 Å². The van der Waals surface area contributed by atoms with Crippen LogP contribution in [0.15, 0.2) is 34.9 Å². The molecule has 3 nitrogen and oxygen atoms in total. The van der Waals surface area contributed by atoms with E-state index < -0.39 is 0 Å². The molecular formula is C10H13BrN2O. The molecule has 0 saturated carbocycles. The average molecular weight is 257 g/mol. The van der Waals surface area contributed by atoms with Crippen LogP contribution in [-0.2, 0) is 0 Å². The van der Waals surface area contributed by atoms with Gasteiger partial charge in [-0.15, -0.1) is 0 Å². The van der Waals surface area contributed by atoms with Crippen LogP contribution < -0.4 is 5.32 Å². The zero-order chi connectivity index (χ0) is 10.6. The highest BCUT2D eigenvalue weighted by atomic mass is 79.9. The number of carbonyl (C=O) groups excluding carboxylic acids is 1. The van der Waals surface area contributed by atoms with Crippen molar-refractivity contribution in [3.05, 3.63) is 34.9 Å². The maximum Gasteiger partial charge on any atom is 0.317 e. The quantitative estimate of drug-likeness (QED) is 0.765. The largest absolute Gasteiger partial charge is 0.341 e. The molecule has 0 aliphatic heterocycles. The average Bonchev–Trinajstić information content (AvgIpc) is 2.40. The Morgan fingerprint density at radius 2 is 2.29 bits per heavy atom. The molecule has 0 radical (unpaired) electrons. The molecule has 1 atom stereocenters. The summed E-state index contributed by atoms with van der Waals surface area (Å²) in [4.78, 5) is 13.0. The van der Waals surface area contributed by atoms with Crippen molar-refractivity contribution in [1.82, 2.24) is 10.2 Å². The van der Waals surface area contributed by atoms with E-state index >= 15 is 0 Å². The predicted octanol–water partition coefficient (Wildman–Crippen LogP) is 2.03. The fourth-order valence-corrected chi connectivity index (χ4v) is 1.45. The van der Waals surface area contributed by atoms with Gasteiger partial charge in [0.2, 0.25) is 0 Å². The Bertz CT molecular complexity index is 307. The molecule has 1 unspecified atom stereocenters. The van der Waals surface area contributed by atoms with Crippen LogP contribution in [0.2, 0.25) is 0 Å². The first-order valence-corrected chi connectivity index (χ1v) is 5.11. The zero-order valence-corrected chi connectivity index (χ0v) is 9.78. The Balaban J connectivity index is 2.72. The Morgan fingerprint density at radius 1 is 1.57 bits per heavy atom. The van der Waals surface area contributed by atoms with Crippen LogP contribution in [-0.4, -0.2) is 31.1 Å². The summed E-state index contributed by atoms with van der Waals surface area (Å²) < 4.78 is 1.00. The minimum absolute atomic E-state index is 0.00116. The van der Waals surface area contributed by atoms with Crippen LogP contribution in [0.5, 0.6) is 0 Å². The topological polar surface area (TPSA) is 32.3 Å². The van der Waals surface area contributed by atoms with Crippen molar-refractivity contribution in [3.8, 4) is 0 Å². The molecule has 1 aliphatic carbocycles. The Hall–Kier alpha value is -1.03. The number of hydrogen-bond donors (Lipinski definition) is 1. The van der Waals surface area contributed by atoms with Crippen LogP contribution in [0.1, 0.15) is 0 Å². The van der Waals surface area contributed by atoms with Crippen molar-refractivity contribution < 1.29 is 4.79 Å². The highest BCUT2D eigenvalue weighted by Crippen LogP contribution is 2.13. The summed E-state index contributed by atoms with van der Waals surface area (Å²) in [7, 11) is 3.38. The lowest BCUT2D eigenvalue weighted by Crippen LogP contribution is -2.40.